The molecular weight excluding hydrogens is 660 g/mol. The third kappa shape index (κ3) is 8.18. The van der Waals surface area contributed by atoms with Gasteiger partial charge in [-0.15, -0.1) is 0 Å². The van der Waals surface area contributed by atoms with Gasteiger partial charge in [0.05, 0.1) is 13.2 Å². The number of carboxylic acid groups (broad SMARTS) is 1. The third-order valence-electron chi connectivity index (χ3n) is 9.44. The summed E-state index contributed by atoms with van der Waals surface area (Å²) in [5.74, 6) is -4.57. The first kappa shape index (κ1) is 37.0. The zero-order valence-corrected chi connectivity index (χ0v) is 30.4. The van der Waals surface area contributed by atoms with Gasteiger partial charge in [0.2, 0.25) is 5.79 Å². The van der Waals surface area contributed by atoms with Crippen LogP contribution in [0.4, 0.5) is 9.59 Å². The smallest absolute Gasteiger partial charge is 0.410 e. The number of nitrogens with zero attached hydrogens (tertiary/aromatic N) is 1. The number of benzene rings is 2. The lowest BCUT2D eigenvalue weighted by Gasteiger charge is -2.43. The molecule has 4 aliphatic rings. The molecule has 3 fully saturated rings. The van der Waals surface area contributed by atoms with Crippen molar-refractivity contribution in [3.8, 4) is 11.1 Å². The zero-order chi connectivity index (χ0) is 36.8. The standard InChI is InChI=1S/C38H50N2O11/c1-35(2,3)50-34(44)40(22-38-31(49-37(6,7)51-38)30-29(21-46-38)47-36(4,5)48-30)19-13-12-18-28(32(41)42)39-33(43)45-20-27-25-16-10-8-14-23(25)24-15-9-11-17-26(24)27/h8-11,14-17,27-31H,12-13,18-22H2,1-7H3,(H,39,43)(H,41,42)/t28-,29?,30?,31?,38?/m0/s1. The highest BCUT2D eigenvalue weighted by Crippen LogP contribution is 2.48. The molecule has 3 aliphatic heterocycles. The number of carboxylic acids is 1. The van der Waals surface area contributed by atoms with Crippen LogP contribution in [0, 0.1) is 0 Å². The fourth-order valence-electron chi connectivity index (χ4n) is 7.48. The maximum Gasteiger partial charge on any atom is 0.410 e. The second kappa shape index (κ2) is 14.0. The molecule has 0 bridgehead atoms. The Morgan fingerprint density at radius 1 is 0.941 bits per heavy atom. The van der Waals surface area contributed by atoms with Crippen LogP contribution in [0.25, 0.3) is 11.1 Å². The van der Waals surface area contributed by atoms with Crippen molar-refractivity contribution >= 4 is 18.2 Å². The van der Waals surface area contributed by atoms with Gasteiger partial charge in [-0.2, -0.15) is 0 Å². The number of carbonyl (C=O) groups excluding carboxylic acids is 2. The van der Waals surface area contributed by atoms with E-state index in [4.69, 9.17) is 33.2 Å². The van der Waals surface area contributed by atoms with Crippen LogP contribution in [0.5, 0.6) is 0 Å². The first-order valence-corrected chi connectivity index (χ1v) is 17.7. The first-order valence-electron chi connectivity index (χ1n) is 17.7. The number of alkyl carbamates (subject to hydrolysis) is 1. The molecule has 13 nitrogen and oxygen atoms in total. The second-order valence-corrected chi connectivity index (χ2v) is 15.6. The molecule has 5 atom stereocenters. The maximum absolute atomic E-state index is 13.6. The number of carbonyl (C=O) groups is 3. The summed E-state index contributed by atoms with van der Waals surface area (Å²) in [6, 6.07) is 14.8. The Morgan fingerprint density at radius 3 is 2.22 bits per heavy atom. The van der Waals surface area contributed by atoms with E-state index in [-0.39, 0.29) is 44.7 Å². The molecule has 4 unspecified atom stereocenters. The van der Waals surface area contributed by atoms with Crippen molar-refractivity contribution < 1.29 is 52.6 Å². The molecule has 51 heavy (non-hydrogen) atoms. The zero-order valence-electron chi connectivity index (χ0n) is 30.4. The molecule has 2 aromatic carbocycles. The van der Waals surface area contributed by atoms with Crippen LogP contribution in [-0.2, 0) is 38.0 Å². The van der Waals surface area contributed by atoms with Crippen LogP contribution >= 0.6 is 0 Å². The van der Waals surface area contributed by atoms with Gasteiger partial charge in [0, 0.05) is 12.5 Å². The van der Waals surface area contributed by atoms with Gasteiger partial charge in [-0.05, 0) is 90.0 Å². The van der Waals surface area contributed by atoms with Crippen LogP contribution in [0.2, 0.25) is 0 Å². The molecule has 0 spiro atoms. The van der Waals surface area contributed by atoms with Crippen molar-refractivity contribution in [3.63, 3.8) is 0 Å². The minimum absolute atomic E-state index is 0.0244. The van der Waals surface area contributed by atoms with Crippen molar-refractivity contribution in [3.05, 3.63) is 59.7 Å². The fourth-order valence-corrected chi connectivity index (χ4v) is 7.48. The molecule has 13 heteroatoms. The molecule has 2 N–H and O–H groups in total. The number of hydrogen-bond donors (Lipinski definition) is 2. The maximum atomic E-state index is 13.6. The Bertz CT molecular complexity index is 1580. The minimum atomic E-state index is -1.36. The Labute approximate surface area is 298 Å². The van der Waals surface area contributed by atoms with E-state index < -0.39 is 59.4 Å². The Balaban J connectivity index is 1.07. The summed E-state index contributed by atoms with van der Waals surface area (Å²) in [5.41, 5.74) is 3.55. The summed E-state index contributed by atoms with van der Waals surface area (Å²) in [5, 5.41) is 12.5. The molecule has 2 aromatic rings. The molecule has 3 heterocycles. The van der Waals surface area contributed by atoms with Crippen LogP contribution in [0.15, 0.2) is 48.5 Å². The number of aliphatic carboxylic acids is 1. The van der Waals surface area contributed by atoms with Gasteiger partial charge in [0.1, 0.15) is 36.6 Å². The molecular formula is C38H50N2O11. The van der Waals surface area contributed by atoms with Crippen LogP contribution in [-0.4, -0.2) is 102 Å². The van der Waals surface area contributed by atoms with Gasteiger partial charge in [-0.1, -0.05) is 48.5 Å². The number of hydrogen-bond acceptors (Lipinski definition) is 10. The van der Waals surface area contributed by atoms with Crippen molar-refractivity contribution in [1.82, 2.24) is 10.2 Å². The van der Waals surface area contributed by atoms with Gasteiger partial charge < -0.3 is 48.5 Å². The van der Waals surface area contributed by atoms with E-state index in [1.54, 1.807) is 34.6 Å². The SMILES string of the molecule is CC(C)(C)OC(=O)N(CCCC[C@H](NC(=O)OCC1c2ccccc2-c2ccccc21)C(=O)O)CC12OCC3OC(C)(C)OC3C1OC(C)(C)O2. The minimum Gasteiger partial charge on any atom is -0.480 e. The average Bonchev–Trinajstić information content (AvgIpc) is 3.64. The Hall–Kier alpha value is -3.75. The molecule has 0 radical (unpaired) electrons. The molecule has 0 aromatic heterocycles. The summed E-state index contributed by atoms with van der Waals surface area (Å²) < 4.78 is 42.6. The van der Waals surface area contributed by atoms with Gasteiger partial charge in [-0.3, -0.25) is 0 Å². The highest BCUT2D eigenvalue weighted by Gasteiger charge is 2.66. The second-order valence-electron chi connectivity index (χ2n) is 15.6. The molecule has 0 saturated carbocycles. The van der Waals surface area contributed by atoms with Gasteiger partial charge in [0.15, 0.2) is 11.6 Å². The van der Waals surface area contributed by atoms with E-state index in [0.29, 0.717) is 12.8 Å². The third-order valence-corrected chi connectivity index (χ3v) is 9.44. The fraction of sp³-hybridized carbons (Fsp3) is 0.605. The molecule has 2 amide bonds. The van der Waals surface area contributed by atoms with Gasteiger partial charge in [-0.25, -0.2) is 14.4 Å². The first-order chi connectivity index (χ1) is 24.0. The highest BCUT2D eigenvalue weighted by molar-refractivity contribution is 5.81. The summed E-state index contributed by atoms with van der Waals surface area (Å²) >= 11 is 0. The predicted octanol–water partition coefficient (Wildman–Crippen LogP) is 5.78. The van der Waals surface area contributed by atoms with Gasteiger partial charge in [0.25, 0.3) is 0 Å². The van der Waals surface area contributed by atoms with E-state index in [2.05, 4.69) is 5.32 Å². The number of amides is 2. The average molecular weight is 711 g/mol. The number of nitrogens with one attached hydrogen (secondary N) is 1. The number of unbranched alkanes of at least 4 members (excludes halogenated alkanes) is 1. The van der Waals surface area contributed by atoms with E-state index >= 15 is 0 Å². The normalized spacial score (nSPS) is 26.3. The van der Waals surface area contributed by atoms with Crippen LogP contribution in [0.3, 0.4) is 0 Å². The quantitative estimate of drug-likeness (QED) is 0.273. The topological polar surface area (TPSA) is 151 Å². The summed E-state index contributed by atoms with van der Waals surface area (Å²) in [6.45, 7) is 13.0. The number of fused-ring (bicyclic) bond motifs is 6. The Kier molecular flexibility index (Phi) is 10.2. The lowest BCUT2D eigenvalue weighted by molar-refractivity contribution is -0.285. The largest absolute Gasteiger partial charge is 0.480 e. The number of ether oxygens (including phenoxy) is 7. The van der Waals surface area contributed by atoms with Crippen LogP contribution in [0.1, 0.15) is 84.8 Å². The summed E-state index contributed by atoms with van der Waals surface area (Å²) in [7, 11) is 0. The van der Waals surface area contributed by atoms with E-state index in [9.17, 15) is 19.5 Å². The summed E-state index contributed by atoms with van der Waals surface area (Å²) in [4.78, 5) is 40.1. The van der Waals surface area contributed by atoms with E-state index in [0.717, 1.165) is 22.3 Å². The van der Waals surface area contributed by atoms with Crippen molar-refractivity contribution in [2.24, 2.45) is 0 Å². The highest BCUT2D eigenvalue weighted by atomic mass is 16.9. The molecule has 3 saturated heterocycles. The molecule has 278 valence electrons. The van der Waals surface area contributed by atoms with Crippen molar-refractivity contribution in [1.29, 1.82) is 0 Å². The molecule has 1 aliphatic carbocycles. The van der Waals surface area contributed by atoms with Crippen molar-refractivity contribution in [2.45, 2.75) is 121 Å². The van der Waals surface area contributed by atoms with Crippen LogP contribution < -0.4 is 5.32 Å². The van der Waals surface area contributed by atoms with E-state index in [1.807, 2.05) is 62.4 Å². The lowest BCUT2D eigenvalue weighted by Crippen LogP contribution is -2.63. The lowest BCUT2D eigenvalue weighted by atomic mass is 9.96. The number of rotatable bonds is 11. The van der Waals surface area contributed by atoms with Crippen molar-refractivity contribution in [2.75, 3.05) is 26.3 Å². The molecule has 6 rings (SSSR count). The predicted molar refractivity (Wildman–Crippen MR) is 184 cm³/mol. The van der Waals surface area contributed by atoms with Gasteiger partial charge >= 0.3 is 18.2 Å². The summed E-state index contributed by atoms with van der Waals surface area (Å²) in [6.07, 6.45) is -2.06. The monoisotopic (exact) mass is 710 g/mol. The Morgan fingerprint density at radius 2 is 1.59 bits per heavy atom. The van der Waals surface area contributed by atoms with E-state index in [1.165, 1.54) is 4.90 Å².